The summed E-state index contributed by atoms with van der Waals surface area (Å²) in [5.41, 5.74) is 4.67. The predicted octanol–water partition coefficient (Wildman–Crippen LogP) is 3.52. The minimum Gasteiger partial charge on any atom is -0.420 e. The van der Waals surface area contributed by atoms with E-state index in [0.29, 0.717) is 0 Å². The molecule has 8 heteroatoms. The molecule has 0 bridgehead atoms. The highest BCUT2D eigenvalue weighted by Crippen LogP contribution is 2.34. The average Bonchev–Trinajstić information content (AvgIpc) is 2.33. The second kappa shape index (κ2) is 4.93. The molecule has 0 unspecified atom stereocenters. The number of aromatic nitrogens is 2. The van der Waals surface area contributed by atoms with E-state index in [-0.39, 0.29) is 16.5 Å². The third-order valence-electron chi connectivity index (χ3n) is 2.11. The molecule has 19 heavy (non-hydrogen) atoms. The first kappa shape index (κ1) is 13.4. The molecule has 0 fully saturated rings. The molecule has 0 saturated carbocycles. The van der Waals surface area contributed by atoms with Crippen LogP contribution in [0.5, 0.6) is 11.8 Å². The van der Waals surface area contributed by atoms with Crippen molar-refractivity contribution in [2.45, 2.75) is 6.18 Å². The zero-order chi connectivity index (χ0) is 14.0. The Morgan fingerprint density at radius 2 is 1.95 bits per heavy atom. The van der Waals surface area contributed by atoms with E-state index in [0.717, 1.165) is 12.3 Å². The number of hydrogen-bond acceptors (Lipinski definition) is 4. The van der Waals surface area contributed by atoms with Crippen LogP contribution in [0.25, 0.3) is 0 Å². The summed E-state index contributed by atoms with van der Waals surface area (Å²) in [6.07, 6.45) is -3.63. The van der Waals surface area contributed by atoms with Gasteiger partial charge in [-0.2, -0.15) is 18.2 Å². The highest BCUT2D eigenvalue weighted by Gasteiger charge is 2.33. The van der Waals surface area contributed by atoms with Crippen molar-refractivity contribution in [1.29, 1.82) is 0 Å². The molecule has 1 aromatic heterocycles. The molecule has 4 nitrogen and oxygen atoms in total. The smallest absolute Gasteiger partial charge is 0.420 e. The van der Waals surface area contributed by atoms with E-state index in [9.17, 15) is 13.2 Å². The maximum atomic E-state index is 12.5. The fourth-order valence-corrected chi connectivity index (χ4v) is 1.49. The zero-order valence-electron chi connectivity index (χ0n) is 9.28. The van der Waals surface area contributed by atoms with Crippen molar-refractivity contribution in [3.8, 4) is 11.8 Å². The second-order valence-corrected chi connectivity index (χ2v) is 3.89. The van der Waals surface area contributed by atoms with Gasteiger partial charge in [0.25, 0.3) is 0 Å². The van der Waals surface area contributed by atoms with E-state index >= 15 is 0 Å². The Balaban J connectivity index is 2.34. The van der Waals surface area contributed by atoms with Gasteiger partial charge in [-0.05, 0) is 18.2 Å². The molecule has 2 N–H and O–H groups in total. The average molecular weight is 290 g/mol. The van der Waals surface area contributed by atoms with E-state index in [2.05, 4.69) is 9.97 Å². The highest BCUT2D eigenvalue weighted by atomic mass is 35.5. The van der Waals surface area contributed by atoms with Gasteiger partial charge in [-0.25, -0.2) is 4.98 Å². The molecule has 2 rings (SSSR count). The SMILES string of the molecule is Nc1cccc(Cl)c1Oc1nccc(C(F)(F)F)n1. The van der Waals surface area contributed by atoms with Crippen LogP contribution < -0.4 is 10.5 Å². The van der Waals surface area contributed by atoms with Crippen molar-refractivity contribution in [3.05, 3.63) is 41.2 Å². The van der Waals surface area contributed by atoms with Crippen molar-refractivity contribution >= 4 is 17.3 Å². The molecule has 0 amide bonds. The van der Waals surface area contributed by atoms with Crippen molar-refractivity contribution < 1.29 is 17.9 Å². The summed E-state index contributed by atoms with van der Waals surface area (Å²) in [7, 11) is 0. The maximum Gasteiger partial charge on any atom is 0.433 e. The van der Waals surface area contributed by atoms with Crippen molar-refractivity contribution in [2.24, 2.45) is 0 Å². The van der Waals surface area contributed by atoms with E-state index < -0.39 is 17.9 Å². The molecule has 1 aromatic carbocycles. The Morgan fingerprint density at radius 3 is 2.58 bits per heavy atom. The Labute approximate surface area is 111 Å². The van der Waals surface area contributed by atoms with Gasteiger partial charge in [0.2, 0.25) is 0 Å². The molecule has 0 aliphatic carbocycles. The largest absolute Gasteiger partial charge is 0.433 e. The van der Waals surface area contributed by atoms with Crippen LogP contribution >= 0.6 is 11.6 Å². The van der Waals surface area contributed by atoms with Crippen LogP contribution in [0, 0.1) is 0 Å². The zero-order valence-corrected chi connectivity index (χ0v) is 10.0. The normalized spacial score (nSPS) is 11.4. The fourth-order valence-electron chi connectivity index (χ4n) is 1.27. The predicted molar refractivity (Wildman–Crippen MR) is 63.0 cm³/mol. The summed E-state index contributed by atoms with van der Waals surface area (Å²) in [6.45, 7) is 0. The van der Waals surface area contributed by atoms with E-state index in [1.54, 1.807) is 6.07 Å². The lowest BCUT2D eigenvalue weighted by Gasteiger charge is -2.10. The summed E-state index contributed by atoms with van der Waals surface area (Å²) < 4.78 is 42.5. The van der Waals surface area contributed by atoms with Crippen LogP contribution in [0.4, 0.5) is 18.9 Å². The van der Waals surface area contributed by atoms with Gasteiger partial charge >= 0.3 is 12.2 Å². The number of nitrogens with two attached hydrogens (primary N) is 1. The molecule has 100 valence electrons. The number of para-hydroxylation sites is 1. The molecular weight excluding hydrogens is 283 g/mol. The van der Waals surface area contributed by atoms with Crippen LogP contribution in [0.15, 0.2) is 30.5 Å². The number of anilines is 1. The number of benzene rings is 1. The third-order valence-corrected chi connectivity index (χ3v) is 2.41. The lowest BCUT2D eigenvalue weighted by Crippen LogP contribution is -2.09. The van der Waals surface area contributed by atoms with Gasteiger partial charge in [0, 0.05) is 6.20 Å². The van der Waals surface area contributed by atoms with E-state index in [4.69, 9.17) is 22.1 Å². The van der Waals surface area contributed by atoms with Crippen molar-refractivity contribution in [1.82, 2.24) is 9.97 Å². The fraction of sp³-hybridized carbons (Fsp3) is 0.0909. The molecular formula is C11H7ClF3N3O. The monoisotopic (exact) mass is 289 g/mol. The molecule has 1 heterocycles. The van der Waals surface area contributed by atoms with Gasteiger partial charge in [-0.15, -0.1) is 0 Å². The number of hydrogen-bond donors (Lipinski definition) is 1. The first-order valence-electron chi connectivity index (χ1n) is 5.00. The van der Waals surface area contributed by atoms with E-state index in [1.807, 2.05) is 0 Å². The van der Waals surface area contributed by atoms with Crippen LogP contribution in [0.2, 0.25) is 5.02 Å². The van der Waals surface area contributed by atoms with Gasteiger partial charge in [0.15, 0.2) is 11.4 Å². The Hall–Kier alpha value is -2.02. The Kier molecular flexibility index (Phi) is 3.48. The highest BCUT2D eigenvalue weighted by molar-refractivity contribution is 6.32. The Morgan fingerprint density at radius 1 is 1.21 bits per heavy atom. The van der Waals surface area contributed by atoms with Crippen LogP contribution in [0.3, 0.4) is 0 Å². The van der Waals surface area contributed by atoms with E-state index in [1.165, 1.54) is 12.1 Å². The van der Waals surface area contributed by atoms with Gasteiger partial charge in [0.1, 0.15) is 0 Å². The lowest BCUT2D eigenvalue weighted by molar-refractivity contribution is -0.141. The topological polar surface area (TPSA) is 61.0 Å². The molecule has 0 aliphatic rings. The summed E-state index contributed by atoms with van der Waals surface area (Å²) >= 11 is 5.83. The second-order valence-electron chi connectivity index (χ2n) is 3.48. The first-order valence-corrected chi connectivity index (χ1v) is 5.38. The molecule has 0 radical (unpaired) electrons. The summed E-state index contributed by atoms with van der Waals surface area (Å²) in [5.74, 6) is 0.0171. The van der Waals surface area contributed by atoms with Crippen molar-refractivity contribution in [3.63, 3.8) is 0 Å². The number of nitrogens with zero attached hydrogens (tertiary/aromatic N) is 2. The van der Waals surface area contributed by atoms with Crippen molar-refractivity contribution in [2.75, 3.05) is 5.73 Å². The van der Waals surface area contributed by atoms with Crippen LogP contribution in [-0.2, 0) is 6.18 Å². The van der Waals surface area contributed by atoms with Crippen LogP contribution in [0.1, 0.15) is 5.69 Å². The number of halogens is 4. The molecule has 0 spiro atoms. The maximum absolute atomic E-state index is 12.5. The standard InChI is InChI=1S/C11H7ClF3N3O/c12-6-2-1-3-7(16)9(6)19-10-17-5-4-8(18-10)11(13,14)15/h1-5H,16H2. The number of rotatable bonds is 2. The number of ether oxygens (including phenoxy) is 1. The number of alkyl halides is 3. The molecule has 0 saturated heterocycles. The van der Waals surface area contributed by atoms with Gasteiger partial charge in [-0.1, -0.05) is 17.7 Å². The van der Waals surface area contributed by atoms with Gasteiger partial charge in [0.05, 0.1) is 10.7 Å². The molecule has 0 atom stereocenters. The van der Waals surface area contributed by atoms with Gasteiger partial charge < -0.3 is 10.5 Å². The lowest BCUT2D eigenvalue weighted by atomic mass is 10.3. The molecule has 2 aromatic rings. The quantitative estimate of drug-likeness (QED) is 0.859. The summed E-state index contributed by atoms with van der Waals surface area (Å²) in [5, 5.41) is 0.154. The number of nitrogen functional groups attached to an aromatic ring is 1. The Bertz CT molecular complexity index is 584. The van der Waals surface area contributed by atoms with Crippen LogP contribution in [-0.4, -0.2) is 9.97 Å². The third kappa shape index (κ3) is 3.05. The minimum atomic E-state index is -4.58. The van der Waals surface area contributed by atoms with Gasteiger partial charge in [-0.3, -0.25) is 0 Å². The molecule has 0 aliphatic heterocycles. The minimum absolute atomic E-state index is 0.0171. The summed E-state index contributed by atoms with van der Waals surface area (Å²) in [6, 6.07) is 4.82. The summed E-state index contributed by atoms with van der Waals surface area (Å²) in [4.78, 5) is 6.83. The first-order chi connectivity index (χ1) is 8.88.